The first-order valence-corrected chi connectivity index (χ1v) is 9.78. The summed E-state index contributed by atoms with van der Waals surface area (Å²) in [4.78, 5) is 22.8. The summed E-state index contributed by atoms with van der Waals surface area (Å²) >= 11 is 0. The highest BCUT2D eigenvalue weighted by molar-refractivity contribution is 5.90. The molecule has 0 spiro atoms. The lowest BCUT2D eigenvalue weighted by molar-refractivity contribution is -0.136. The van der Waals surface area contributed by atoms with Crippen LogP contribution >= 0.6 is 0 Å². The van der Waals surface area contributed by atoms with Crippen LogP contribution in [0, 0.1) is 6.92 Å². The van der Waals surface area contributed by atoms with Gasteiger partial charge in [0.2, 0.25) is 0 Å². The van der Waals surface area contributed by atoms with Crippen molar-refractivity contribution < 1.29 is 22.5 Å². The van der Waals surface area contributed by atoms with Gasteiger partial charge >= 0.3 is 12.2 Å². The zero-order valence-electron chi connectivity index (χ0n) is 16.7. The van der Waals surface area contributed by atoms with Crippen molar-refractivity contribution in [3.8, 4) is 11.3 Å². The Balaban J connectivity index is 1.54. The number of piperidine rings is 1. The number of halogens is 3. The van der Waals surface area contributed by atoms with Crippen LogP contribution in [0.3, 0.4) is 0 Å². The predicted molar refractivity (Wildman–Crippen MR) is 106 cm³/mol. The average molecular weight is 431 g/mol. The number of rotatable bonds is 3. The van der Waals surface area contributed by atoms with E-state index in [1.807, 2.05) is 6.92 Å². The molecule has 1 aromatic carbocycles. The Bertz CT molecular complexity index is 1080. The molecule has 2 amide bonds. The second-order valence-electron chi connectivity index (χ2n) is 7.41. The topological polar surface area (TPSA) is 84.2 Å². The van der Waals surface area contributed by atoms with Crippen molar-refractivity contribution >= 4 is 11.7 Å². The fourth-order valence-electron chi connectivity index (χ4n) is 3.76. The van der Waals surface area contributed by atoms with Gasteiger partial charge in [-0.1, -0.05) is 17.3 Å². The van der Waals surface area contributed by atoms with Gasteiger partial charge in [-0.2, -0.15) is 13.2 Å². The molecule has 1 aliphatic heterocycles. The molecule has 4 rings (SSSR count). The Hall–Kier alpha value is -3.43. The second kappa shape index (κ2) is 8.37. The summed E-state index contributed by atoms with van der Waals surface area (Å²) in [6.45, 7) is 2.57. The van der Waals surface area contributed by atoms with Gasteiger partial charge < -0.3 is 14.7 Å². The number of carbonyl (C=O) groups is 1. The summed E-state index contributed by atoms with van der Waals surface area (Å²) in [6.07, 6.45) is -0.0150. The number of hydrogen-bond acceptors (Lipinski definition) is 5. The third-order valence-electron chi connectivity index (χ3n) is 5.21. The highest BCUT2D eigenvalue weighted by Gasteiger charge is 2.34. The molecule has 7 nitrogen and oxygen atoms in total. The first kappa shape index (κ1) is 20.8. The highest BCUT2D eigenvalue weighted by Crippen LogP contribution is 2.36. The van der Waals surface area contributed by atoms with Gasteiger partial charge in [0.05, 0.1) is 28.2 Å². The van der Waals surface area contributed by atoms with Gasteiger partial charge in [-0.05, 0) is 31.9 Å². The summed E-state index contributed by atoms with van der Waals surface area (Å²) in [6, 6.07) is 6.14. The number of benzene rings is 1. The molecular formula is C21H20F3N5O2. The molecule has 1 N–H and O–H groups in total. The van der Waals surface area contributed by atoms with Crippen molar-refractivity contribution in [2.75, 3.05) is 18.4 Å². The Kier molecular flexibility index (Phi) is 5.62. The van der Waals surface area contributed by atoms with Gasteiger partial charge in [0, 0.05) is 31.3 Å². The third kappa shape index (κ3) is 4.52. The maximum atomic E-state index is 13.2. The van der Waals surface area contributed by atoms with Crippen LogP contribution in [0.4, 0.5) is 23.7 Å². The fraction of sp³-hybridized carbons (Fsp3) is 0.333. The van der Waals surface area contributed by atoms with E-state index in [0.717, 1.165) is 23.9 Å². The molecule has 3 aromatic rings. The molecule has 3 heterocycles. The summed E-state index contributed by atoms with van der Waals surface area (Å²) in [7, 11) is 0. The monoisotopic (exact) mass is 431 g/mol. The molecule has 0 aliphatic carbocycles. The normalized spacial score (nSPS) is 16.9. The Labute approximate surface area is 176 Å². The van der Waals surface area contributed by atoms with Crippen molar-refractivity contribution in [2.24, 2.45) is 0 Å². The number of nitrogens with one attached hydrogen (secondary N) is 1. The van der Waals surface area contributed by atoms with Crippen molar-refractivity contribution in [1.29, 1.82) is 0 Å². The minimum Gasteiger partial charge on any atom is -0.356 e. The molecule has 0 radical (unpaired) electrons. The van der Waals surface area contributed by atoms with E-state index in [-0.39, 0.29) is 11.6 Å². The molecule has 0 bridgehead atoms. The Morgan fingerprint density at radius 1 is 1.29 bits per heavy atom. The minimum atomic E-state index is -4.56. The molecule has 1 aliphatic rings. The number of likely N-dealkylation sites (tertiary alicyclic amines) is 1. The number of hydrogen-bond donors (Lipinski definition) is 1. The van der Waals surface area contributed by atoms with Crippen LogP contribution < -0.4 is 5.32 Å². The van der Waals surface area contributed by atoms with E-state index >= 15 is 0 Å². The average Bonchev–Trinajstić information content (AvgIpc) is 3.19. The number of amides is 2. The molecule has 10 heteroatoms. The molecular weight excluding hydrogens is 411 g/mol. The first-order valence-electron chi connectivity index (χ1n) is 9.78. The molecule has 2 aromatic heterocycles. The van der Waals surface area contributed by atoms with Crippen molar-refractivity contribution in [3.05, 3.63) is 59.8 Å². The van der Waals surface area contributed by atoms with Crippen LogP contribution in [0.2, 0.25) is 0 Å². The summed E-state index contributed by atoms with van der Waals surface area (Å²) in [5.74, 6) is 0.426. The second-order valence-corrected chi connectivity index (χ2v) is 7.41. The van der Waals surface area contributed by atoms with Crippen LogP contribution in [0.15, 0.2) is 47.4 Å². The lowest BCUT2D eigenvalue weighted by atomic mass is 9.91. The number of carbonyl (C=O) groups excluding carboxylic acids is 1. The molecule has 31 heavy (non-hydrogen) atoms. The smallest absolute Gasteiger partial charge is 0.356 e. The predicted octanol–water partition coefficient (Wildman–Crippen LogP) is 4.87. The Morgan fingerprint density at radius 3 is 2.84 bits per heavy atom. The van der Waals surface area contributed by atoms with Crippen LogP contribution in [0.1, 0.15) is 35.7 Å². The SMILES string of the molecule is Cc1cc(-c2cncnc2[C@@H]2CCCN(C(=O)Nc3ccccc3C(F)(F)F)C2)on1. The van der Waals surface area contributed by atoms with E-state index in [1.54, 1.807) is 12.3 Å². The van der Waals surface area contributed by atoms with Gasteiger partial charge in [0.1, 0.15) is 6.33 Å². The zero-order valence-corrected chi connectivity index (χ0v) is 16.7. The van der Waals surface area contributed by atoms with E-state index < -0.39 is 17.8 Å². The fourth-order valence-corrected chi connectivity index (χ4v) is 3.76. The number of anilines is 1. The minimum absolute atomic E-state index is 0.110. The number of para-hydroxylation sites is 1. The van der Waals surface area contributed by atoms with Crippen LogP contribution in [0.5, 0.6) is 0 Å². The van der Waals surface area contributed by atoms with Gasteiger partial charge in [0.15, 0.2) is 5.76 Å². The van der Waals surface area contributed by atoms with Crippen LogP contribution in [-0.4, -0.2) is 39.1 Å². The van der Waals surface area contributed by atoms with E-state index in [0.29, 0.717) is 30.8 Å². The van der Waals surface area contributed by atoms with Crippen molar-refractivity contribution in [2.45, 2.75) is 31.9 Å². The van der Waals surface area contributed by atoms with Gasteiger partial charge in [-0.25, -0.2) is 14.8 Å². The van der Waals surface area contributed by atoms with Crippen molar-refractivity contribution in [3.63, 3.8) is 0 Å². The standard InChI is InChI=1S/C21H20F3N5O2/c1-13-9-18(31-28-13)15-10-25-12-26-19(15)14-5-4-8-29(11-14)20(30)27-17-7-3-2-6-16(17)21(22,23)24/h2-3,6-7,9-10,12,14H,4-5,8,11H2,1H3,(H,27,30)/t14-/m1/s1. The van der Waals surface area contributed by atoms with E-state index in [2.05, 4.69) is 20.4 Å². The summed E-state index contributed by atoms with van der Waals surface area (Å²) < 4.78 is 45.1. The largest absolute Gasteiger partial charge is 0.418 e. The molecule has 0 saturated carbocycles. The maximum Gasteiger partial charge on any atom is 0.418 e. The molecule has 1 fully saturated rings. The van der Waals surface area contributed by atoms with Crippen LogP contribution in [-0.2, 0) is 6.18 Å². The maximum absolute atomic E-state index is 13.2. The van der Waals surface area contributed by atoms with E-state index in [1.165, 1.54) is 29.4 Å². The number of urea groups is 1. The van der Waals surface area contributed by atoms with Gasteiger partial charge in [-0.15, -0.1) is 0 Å². The van der Waals surface area contributed by atoms with Gasteiger partial charge in [-0.3, -0.25) is 0 Å². The van der Waals surface area contributed by atoms with Crippen molar-refractivity contribution in [1.82, 2.24) is 20.0 Å². The Morgan fingerprint density at radius 2 is 2.10 bits per heavy atom. The van der Waals surface area contributed by atoms with E-state index in [4.69, 9.17) is 4.52 Å². The quantitative estimate of drug-likeness (QED) is 0.640. The number of nitrogens with zero attached hydrogens (tertiary/aromatic N) is 4. The lowest BCUT2D eigenvalue weighted by Crippen LogP contribution is -2.42. The van der Waals surface area contributed by atoms with Crippen LogP contribution in [0.25, 0.3) is 11.3 Å². The highest BCUT2D eigenvalue weighted by atomic mass is 19.4. The lowest BCUT2D eigenvalue weighted by Gasteiger charge is -2.33. The summed E-state index contributed by atoms with van der Waals surface area (Å²) in [5, 5.41) is 6.31. The molecule has 1 atom stereocenters. The first-order chi connectivity index (χ1) is 14.8. The van der Waals surface area contributed by atoms with E-state index in [9.17, 15) is 18.0 Å². The molecule has 0 unspecified atom stereocenters. The third-order valence-corrected chi connectivity index (χ3v) is 5.21. The molecule has 162 valence electrons. The zero-order chi connectivity index (χ0) is 22.0. The van der Waals surface area contributed by atoms with Gasteiger partial charge in [0.25, 0.3) is 0 Å². The number of aryl methyl sites for hydroxylation is 1. The number of alkyl halides is 3. The number of aromatic nitrogens is 3. The molecule has 1 saturated heterocycles. The summed E-state index contributed by atoms with van der Waals surface area (Å²) in [5.41, 5.74) is 0.993.